The molecule has 1 aromatic heterocycles. The highest BCUT2D eigenvalue weighted by molar-refractivity contribution is 6.52. The number of hydrogen-bond acceptors (Lipinski definition) is 6. The summed E-state index contributed by atoms with van der Waals surface area (Å²) >= 11 is 0. The molecule has 0 bridgehead atoms. The molecule has 0 saturated carbocycles. The number of Topliss-reactive ketones (excluding diaryl/α,β-unsaturated/α-hetero) is 1. The number of aromatic nitrogens is 1. The van der Waals surface area contributed by atoms with Gasteiger partial charge in [0, 0.05) is 18.2 Å². The fourth-order valence-electron chi connectivity index (χ4n) is 2.21. The molecule has 106 valence electrons. The first-order chi connectivity index (χ1) is 9.97. The molecule has 0 fully saturated rings. The lowest BCUT2D eigenvalue weighted by molar-refractivity contribution is -0.384. The predicted molar refractivity (Wildman–Crippen MR) is 69.9 cm³/mol. The Morgan fingerprint density at radius 2 is 2.10 bits per heavy atom. The average Bonchev–Trinajstić information content (AvgIpc) is 2.96. The van der Waals surface area contributed by atoms with Crippen molar-refractivity contribution in [3.05, 3.63) is 51.4 Å². The molecule has 0 aliphatic carbocycles. The number of rotatable bonds is 3. The van der Waals surface area contributed by atoms with Gasteiger partial charge in [-0.25, -0.2) is 0 Å². The summed E-state index contributed by atoms with van der Waals surface area (Å²) in [5, 5.41) is 14.5. The van der Waals surface area contributed by atoms with Crippen LogP contribution in [0.4, 0.5) is 11.4 Å². The number of anilines is 1. The fraction of sp³-hybridized carbons (Fsp3) is 0.154. The van der Waals surface area contributed by atoms with E-state index in [0.717, 1.165) is 6.07 Å². The number of hydrogen-bond donors (Lipinski definition) is 0. The van der Waals surface area contributed by atoms with Gasteiger partial charge in [0.05, 0.1) is 22.7 Å². The molecule has 0 radical (unpaired) electrons. The van der Waals surface area contributed by atoms with E-state index in [1.54, 1.807) is 13.0 Å². The SMILES string of the molecule is Cc1cc(CN2C(=O)C(=O)c3cc([N+](=O)[O-])ccc32)no1. The van der Waals surface area contributed by atoms with Crippen molar-refractivity contribution in [2.45, 2.75) is 13.5 Å². The van der Waals surface area contributed by atoms with E-state index < -0.39 is 16.6 Å². The van der Waals surface area contributed by atoms with Gasteiger partial charge in [-0.1, -0.05) is 5.16 Å². The van der Waals surface area contributed by atoms with Gasteiger partial charge < -0.3 is 4.52 Å². The van der Waals surface area contributed by atoms with Gasteiger partial charge in [-0.2, -0.15) is 0 Å². The lowest BCUT2D eigenvalue weighted by atomic mass is 10.1. The zero-order valence-corrected chi connectivity index (χ0v) is 10.9. The standard InChI is InChI=1S/C13H9N3O5/c1-7-4-8(14-21-7)6-15-11-3-2-9(16(19)20)5-10(11)12(17)13(15)18/h2-5H,6H2,1H3. The molecule has 21 heavy (non-hydrogen) atoms. The number of ketones is 1. The molecule has 3 rings (SSSR count). The Kier molecular flexibility index (Phi) is 2.79. The molecule has 0 saturated heterocycles. The van der Waals surface area contributed by atoms with Gasteiger partial charge in [0.25, 0.3) is 17.4 Å². The molecule has 0 spiro atoms. The quantitative estimate of drug-likeness (QED) is 0.482. The molecular weight excluding hydrogens is 278 g/mol. The number of carbonyl (C=O) groups excluding carboxylic acids is 2. The van der Waals surface area contributed by atoms with Crippen molar-refractivity contribution >= 4 is 23.1 Å². The molecule has 0 N–H and O–H groups in total. The minimum atomic E-state index is -0.756. The van der Waals surface area contributed by atoms with Crippen molar-refractivity contribution < 1.29 is 19.0 Å². The number of benzene rings is 1. The third-order valence-electron chi connectivity index (χ3n) is 3.16. The molecular formula is C13H9N3O5. The van der Waals surface area contributed by atoms with Gasteiger partial charge in [0.1, 0.15) is 11.5 Å². The number of amides is 1. The summed E-state index contributed by atoms with van der Waals surface area (Å²) < 4.78 is 4.91. The van der Waals surface area contributed by atoms with Crippen LogP contribution >= 0.6 is 0 Å². The molecule has 2 heterocycles. The summed E-state index contributed by atoms with van der Waals surface area (Å²) in [7, 11) is 0. The van der Waals surface area contributed by atoms with Crippen molar-refractivity contribution in [2.24, 2.45) is 0 Å². The molecule has 8 heteroatoms. The van der Waals surface area contributed by atoms with Crippen molar-refractivity contribution in [1.82, 2.24) is 5.16 Å². The lowest BCUT2D eigenvalue weighted by Gasteiger charge is -2.14. The van der Waals surface area contributed by atoms with Crippen LogP contribution in [-0.2, 0) is 11.3 Å². The summed E-state index contributed by atoms with van der Waals surface area (Å²) in [4.78, 5) is 35.3. The highest BCUT2D eigenvalue weighted by atomic mass is 16.6. The summed E-state index contributed by atoms with van der Waals surface area (Å²) in [6.45, 7) is 1.79. The van der Waals surface area contributed by atoms with Crippen LogP contribution in [0.2, 0.25) is 0 Å². The topological polar surface area (TPSA) is 107 Å². The largest absolute Gasteiger partial charge is 0.361 e. The second kappa shape index (κ2) is 4.51. The van der Waals surface area contributed by atoms with Crippen LogP contribution in [0.5, 0.6) is 0 Å². The summed E-state index contributed by atoms with van der Waals surface area (Å²) in [5.74, 6) is -0.896. The molecule has 0 atom stereocenters. The van der Waals surface area contributed by atoms with Crippen LogP contribution in [0.3, 0.4) is 0 Å². The van der Waals surface area contributed by atoms with Crippen LogP contribution in [0, 0.1) is 17.0 Å². The molecule has 2 aromatic rings. The van der Waals surface area contributed by atoms with E-state index in [1.807, 2.05) is 0 Å². The summed E-state index contributed by atoms with van der Waals surface area (Å²) in [6.07, 6.45) is 0. The van der Waals surface area contributed by atoms with Gasteiger partial charge in [-0.3, -0.25) is 24.6 Å². The lowest BCUT2D eigenvalue weighted by Crippen LogP contribution is -2.29. The third-order valence-corrected chi connectivity index (χ3v) is 3.16. The van der Waals surface area contributed by atoms with Crippen LogP contribution in [0.15, 0.2) is 28.8 Å². The second-order valence-corrected chi connectivity index (χ2v) is 4.61. The monoisotopic (exact) mass is 287 g/mol. The van der Waals surface area contributed by atoms with E-state index in [1.165, 1.54) is 17.0 Å². The minimum absolute atomic E-state index is 0.0365. The van der Waals surface area contributed by atoms with E-state index >= 15 is 0 Å². The summed E-state index contributed by atoms with van der Waals surface area (Å²) in [5.41, 5.74) is 0.652. The number of nitro groups is 1. The van der Waals surface area contributed by atoms with E-state index in [4.69, 9.17) is 4.52 Å². The number of non-ortho nitro benzene ring substituents is 1. The van der Waals surface area contributed by atoms with E-state index in [0.29, 0.717) is 17.1 Å². The van der Waals surface area contributed by atoms with E-state index in [-0.39, 0.29) is 17.8 Å². The Balaban J connectivity index is 2.00. The van der Waals surface area contributed by atoms with Crippen LogP contribution in [-0.4, -0.2) is 21.8 Å². The van der Waals surface area contributed by atoms with Crippen LogP contribution in [0.1, 0.15) is 21.8 Å². The highest BCUT2D eigenvalue weighted by Crippen LogP contribution is 2.32. The Hall–Kier alpha value is -3.03. The maximum atomic E-state index is 12.0. The summed E-state index contributed by atoms with van der Waals surface area (Å²) in [6, 6.07) is 5.42. The minimum Gasteiger partial charge on any atom is -0.361 e. The average molecular weight is 287 g/mol. The van der Waals surface area contributed by atoms with Gasteiger partial charge in [-0.15, -0.1) is 0 Å². The first-order valence-corrected chi connectivity index (χ1v) is 6.04. The van der Waals surface area contributed by atoms with Gasteiger partial charge in [0.2, 0.25) is 0 Å². The molecule has 1 amide bonds. The van der Waals surface area contributed by atoms with Gasteiger partial charge >= 0.3 is 0 Å². The van der Waals surface area contributed by atoms with Crippen molar-refractivity contribution in [3.8, 4) is 0 Å². The number of carbonyl (C=O) groups is 2. The first kappa shape index (κ1) is 13.0. The second-order valence-electron chi connectivity index (χ2n) is 4.61. The zero-order chi connectivity index (χ0) is 15.1. The van der Waals surface area contributed by atoms with Crippen molar-refractivity contribution in [3.63, 3.8) is 0 Å². The number of aryl methyl sites for hydroxylation is 1. The van der Waals surface area contributed by atoms with Gasteiger partial charge in [0.15, 0.2) is 0 Å². The van der Waals surface area contributed by atoms with Crippen LogP contribution in [0.25, 0.3) is 0 Å². The molecule has 1 aliphatic rings. The maximum absolute atomic E-state index is 12.0. The first-order valence-electron chi connectivity index (χ1n) is 6.04. The third kappa shape index (κ3) is 2.06. The number of nitrogens with zero attached hydrogens (tertiary/aromatic N) is 3. The Morgan fingerprint density at radius 1 is 1.33 bits per heavy atom. The Bertz CT molecular complexity index is 780. The Labute approximate surface area is 118 Å². The normalized spacial score (nSPS) is 13.7. The Morgan fingerprint density at radius 3 is 2.71 bits per heavy atom. The van der Waals surface area contributed by atoms with E-state index in [2.05, 4.69) is 5.16 Å². The molecule has 8 nitrogen and oxygen atoms in total. The van der Waals surface area contributed by atoms with Gasteiger partial charge in [-0.05, 0) is 13.0 Å². The highest BCUT2D eigenvalue weighted by Gasteiger charge is 2.37. The molecule has 0 unspecified atom stereocenters. The van der Waals surface area contributed by atoms with Crippen LogP contribution < -0.4 is 4.90 Å². The number of nitro benzene ring substituents is 1. The fourth-order valence-corrected chi connectivity index (χ4v) is 2.21. The predicted octanol–water partition coefficient (Wildman–Crippen LogP) is 1.62. The smallest absolute Gasteiger partial charge is 0.299 e. The van der Waals surface area contributed by atoms with Crippen molar-refractivity contribution in [1.29, 1.82) is 0 Å². The number of fused-ring (bicyclic) bond motifs is 1. The zero-order valence-electron chi connectivity index (χ0n) is 10.9. The molecule has 1 aliphatic heterocycles. The van der Waals surface area contributed by atoms with E-state index in [9.17, 15) is 19.7 Å². The maximum Gasteiger partial charge on any atom is 0.299 e. The molecule has 1 aromatic carbocycles. The van der Waals surface area contributed by atoms with Crippen molar-refractivity contribution in [2.75, 3.05) is 4.90 Å².